The molecule has 0 spiro atoms. The van der Waals surface area contributed by atoms with Gasteiger partial charge in [0.2, 0.25) is 10.0 Å². The van der Waals surface area contributed by atoms with Gasteiger partial charge in [-0.1, -0.05) is 19.4 Å². The van der Waals surface area contributed by atoms with E-state index in [4.69, 9.17) is 15.5 Å². The predicted molar refractivity (Wildman–Crippen MR) is 153 cm³/mol. The van der Waals surface area contributed by atoms with Gasteiger partial charge in [-0.05, 0) is 55.4 Å². The zero-order valence-electron chi connectivity index (χ0n) is 22.7. The third-order valence-electron chi connectivity index (χ3n) is 9.02. The Morgan fingerprint density at radius 1 is 1.18 bits per heavy atom. The summed E-state index contributed by atoms with van der Waals surface area (Å²) < 4.78 is 34.9. The molecule has 10 nitrogen and oxygen atoms in total. The molecule has 0 saturated carbocycles. The van der Waals surface area contributed by atoms with Gasteiger partial charge in [0.1, 0.15) is 35.2 Å². The molecule has 7 rings (SSSR count). The molecular formula is C29H35N7O3S. The predicted octanol–water partition coefficient (Wildman–Crippen LogP) is 2.77. The van der Waals surface area contributed by atoms with E-state index in [-0.39, 0.29) is 22.8 Å². The van der Waals surface area contributed by atoms with Crippen molar-refractivity contribution in [2.45, 2.75) is 62.6 Å². The highest BCUT2D eigenvalue weighted by atomic mass is 32.2. The maximum Gasteiger partial charge on any atom is 0.247 e. The van der Waals surface area contributed by atoms with Crippen molar-refractivity contribution >= 4 is 21.7 Å². The molecule has 40 heavy (non-hydrogen) atoms. The molecule has 5 heterocycles. The molecule has 1 aliphatic carbocycles. The van der Waals surface area contributed by atoms with Crippen LogP contribution in [0.15, 0.2) is 41.7 Å². The molecule has 4 aliphatic rings. The summed E-state index contributed by atoms with van der Waals surface area (Å²) in [5.74, 6) is 2.54. The van der Waals surface area contributed by atoms with Crippen molar-refractivity contribution in [2.24, 2.45) is 5.92 Å². The minimum absolute atomic E-state index is 0.0302. The first-order valence-corrected chi connectivity index (χ1v) is 15.7. The van der Waals surface area contributed by atoms with E-state index in [1.54, 1.807) is 22.9 Å². The average molecular weight is 562 g/mol. The first-order chi connectivity index (χ1) is 19.4. The summed E-state index contributed by atoms with van der Waals surface area (Å²) in [5, 5.41) is 3.36. The van der Waals surface area contributed by atoms with Crippen molar-refractivity contribution in [3.63, 3.8) is 0 Å². The fraction of sp³-hybridized carbons (Fsp3) is 0.483. The van der Waals surface area contributed by atoms with Gasteiger partial charge in [0, 0.05) is 60.3 Å². The van der Waals surface area contributed by atoms with Gasteiger partial charge in [-0.15, -0.1) is 0 Å². The van der Waals surface area contributed by atoms with Gasteiger partial charge in [0.05, 0.1) is 6.54 Å². The van der Waals surface area contributed by atoms with Crippen LogP contribution in [0.2, 0.25) is 0 Å². The number of nitrogens with one attached hydrogen (secondary N) is 1. The van der Waals surface area contributed by atoms with Crippen LogP contribution in [0.3, 0.4) is 0 Å². The second kappa shape index (κ2) is 9.97. The molecule has 210 valence electrons. The van der Waals surface area contributed by atoms with E-state index >= 15 is 0 Å². The second-order valence-electron chi connectivity index (χ2n) is 11.4. The number of pyridine rings is 1. The van der Waals surface area contributed by atoms with Crippen molar-refractivity contribution in [2.75, 3.05) is 36.9 Å². The van der Waals surface area contributed by atoms with Gasteiger partial charge < -0.3 is 20.7 Å². The topological polar surface area (TPSA) is 127 Å². The number of benzene rings is 1. The van der Waals surface area contributed by atoms with Crippen molar-refractivity contribution < 1.29 is 13.2 Å². The van der Waals surface area contributed by atoms with E-state index in [2.05, 4.69) is 33.2 Å². The smallest absolute Gasteiger partial charge is 0.247 e. The van der Waals surface area contributed by atoms with Crippen LogP contribution >= 0.6 is 0 Å². The largest absolute Gasteiger partial charge is 0.491 e. The molecule has 2 saturated heterocycles. The molecule has 0 radical (unpaired) electrons. The highest BCUT2D eigenvalue weighted by Gasteiger charge is 2.45. The number of sulfonamides is 1. The van der Waals surface area contributed by atoms with E-state index in [0.29, 0.717) is 37.7 Å². The Balaban J connectivity index is 1.20. The fourth-order valence-electron chi connectivity index (χ4n) is 6.73. The number of ether oxygens (including phenoxy) is 1. The molecule has 0 amide bonds. The number of nitrogen functional groups attached to an aromatic ring is 1. The number of nitrogens with two attached hydrogens (primary N) is 1. The Morgan fingerprint density at radius 2 is 2.08 bits per heavy atom. The molecule has 3 aliphatic heterocycles. The van der Waals surface area contributed by atoms with Gasteiger partial charge in [-0.2, -0.15) is 4.31 Å². The molecule has 2 aromatic heterocycles. The number of anilines is 2. The van der Waals surface area contributed by atoms with Crippen molar-refractivity contribution in [1.29, 1.82) is 0 Å². The maximum atomic E-state index is 13.6. The highest BCUT2D eigenvalue weighted by Crippen LogP contribution is 2.37. The van der Waals surface area contributed by atoms with E-state index in [0.717, 1.165) is 48.5 Å². The Bertz CT molecular complexity index is 1560. The van der Waals surface area contributed by atoms with Crippen LogP contribution in [-0.2, 0) is 29.4 Å². The Morgan fingerprint density at radius 3 is 2.88 bits per heavy atom. The van der Waals surface area contributed by atoms with Gasteiger partial charge in [0.25, 0.3) is 0 Å². The molecule has 2 fully saturated rings. The first-order valence-electron chi connectivity index (χ1n) is 14.2. The number of fused-ring (bicyclic) bond motifs is 4. The number of hydrogen-bond donors (Lipinski definition) is 2. The Labute approximate surface area is 235 Å². The third-order valence-corrected chi connectivity index (χ3v) is 11.0. The normalized spacial score (nSPS) is 24.3. The molecular weight excluding hydrogens is 526 g/mol. The standard InChI is InChI=1S/C29H35N7O3S/c1-2-18-3-5-24-25(9-18)33-17-34-29(24)35-7-8-39-26-6-4-19(10-21(26)15-35)20-11-27(28(30)32-13-20)40(37,38)36-16-22-12-23(36)14-31-22/h4,6,10-11,13,17-18,22-23,31H,2-3,5,7-9,12,14-16H2,1H3,(H2,30,32). The first kappa shape index (κ1) is 25.7. The number of nitrogens with zero attached hydrogens (tertiary/aromatic N) is 5. The van der Waals surface area contributed by atoms with Crippen molar-refractivity contribution in [1.82, 2.24) is 24.6 Å². The molecule has 3 atom stereocenters. The van der Waals surface area contributed by atoms with E-state index in [9.17, 15) is 8.42 Å². The highest BCUT2D eigenvalue weighted by molar-refractivity contribution is 7.89. The zero-order chi connectivity index (χ0) is 27.4. The van der Waals surface area contributed by atoms with E-state index < -0.39 is 10.0 Å². The van der Waals surface area contributed by atoms with Gasteiger partial charge in [-0.25, -0.2) is 23.4 Å². The third kappa shape index (κ3) is 4.40. The van der Waals surface area contributed by atoms with Gasteiger partial charge in [-0.3, -0.25) is 0 Å². The second-order valence-corrected chi connectivity index (χ2v) is 13.3. The van der Waals surface area contributed by atoms with Gasteiger partial charge in [0.15, 0.2) is 0 Å². The molecule has 3 aromatic rings. The number of piperazine rings is 1. The lowest BCUT2D eigenvalue weighted by Gasteiger charge is -2.29. The fourth-order valence-corrected chi connectivity index (χ4v) is 8.51. The van der Waals surface area contributed by atoms with Crippen LogP contribution < -0.4 is 20.7 Å². The maximum absolute atomic E-state index is 13.6. The number of hydrogen-bond acceptors (Lipinski definition) is 9. The van der Waals surface area contributed by atoms with E-state index in [1.807, 2.05) is 12.1 Å². The van der Waals surface area contributed by atoms with Crippen molar-refractivity contribution in [3.05, 3.63) is 53.6 Å². The molecule has 11 heteroatoms. The lowest BCUT2D eigenvalue weighted by Crippen LogP contribution is -2.46. The quantitative estimate of drug-likeness (QED) is 0.483. The molecule has 3 N–H and O–H groups in total. The molecule has 2 bridgehead atoms. The summed E-state index contributed by atoms with van der Waals surface area (Å²) in [4.78, 5) is 16.0. The summed E-state index contributed by atoms with van der Waals surface area (Å²) in [6.07, 6.45) is 8.52. The minimum Gasteiger partial charge on any atom is -0.491 e. The van der Waals surface area contributed by atoms with Gasteiger partial charge >= 0.3 is 0 Å². The summed E-state index contributed by atoms with van der Waals surface area (Å²) in [6.45, 7) is 5.31. The summed E-state index contributed by atoms with van der Waals surface area (Å²) in [6, 6.07) is 7.83. The SMILES string of the molecule is CCC1CCc2c(ncnc2N2CCOc3ccc(-c4cnc(N)c(S(=O)(=O)N5CC6CC5CN6)c4)cc3C2)C1. The summed E-state index contributed by atoms with van der Waals surface area (Å²) >= 11 is 0. The van der Waals surface area contributed by atoms with Crippen LogP contribution in [0.1, 0.15) is 43.0 Å². The monoisotopic (exact) mass is 561 g/mol. The van der Waals surface area contributed by atoms with Crippen LogP contribution in [0.25, 0.3) is 11.1 Å². The molecule has 1 aromatic carbocycles. The summed E-state index contributed by atoms with van der Waals surface area (Å²) in [5.41, 5.74) is 11.2. The summed E-state index contributed by atoms with van der Waals surface area (Å²) in [7, 11) is -3.75. The van der Waals surface area contributed by atoms with Crippen LogP contribution in [-0.4, -0.2) is 66.0 Å². The van der Waals surface area contributed by atoms with Crippen LogP contribution in [0.4, 0.5) is 11.6 Å². The average Bonchev–Trinajstić information content (AvgIpc) is 3.55. The Kier molecular flexibility index (Phi) is 6.40. The van der Waals surface area contributed by atoms with Crippen LogP contribution in [0, 0.1) is 5.92 Å². The number of rotatable bonds is 5. The van der Waals surface area contributed by atoms with Crippen LogP contribution in [0.5, 0.6) is 5.75 Å². The molecule has 3 unspecified atom stereocenters. The minimum atomic E-state index is -3.75. The Hall–Kier alpha value is -3.28. The lowest BCUT2D eigenvalue weighted by molar-refractivity contribution is 0.331. The van der Waals surface area contributed by atoms with E-state index in [1.165, 1.54) is 24.1 Å². The van der Waals surface area contributed by atoms with Crippen molar-refractivity contribution in [3.8, 4) is 16.9 Å². The lowest BCUT2D eigenvalue weighted by atomic mass is 9.85. The number of aromatic nitrogens is 3. The zero-order valence-corrected chi connectivity index (χ0v) is 23.5.